The summed E-state index contributed by atoms with van der Waals surface area (Å²) < 4.78 is 5.69. The zero-order chi connectivity index (χ0) is 8.69. The summed E-state index contributed by atoms with van der Waals surface area (Å²) in [6.07, 6.45) is 3.99. The van der Waals surface area contributed by atoms with Gasteiger partial charge in [-0.3, -0.25) is 0 Å². The third-order valence-electron chi connectivity index (χ3n) is 2.22. The first-order valence-electron chi connectivity index (χ1n) is 4.87. The zero-order valence-electron chi connectivity index (χ0n) is 8.39. The van der Waals surface area contributed by atoms with E-state index in [0.717, 1.165) is 19.4 Å². The molecule has 0 bridgehead atoms. The van der Waals surface area contributed by atoms with Gasteiger partial charge in [0, 0.05) is 6.61 Å². The van der Waals surface area contributed by atoms with E-state index in [1.54, 1.807) is 0 Å². The molecule has 0 aliphatic heterocycles. The molecule has 1 heteroatoms. The van der Waals surface area contributed by atoms with Crippen LogP contribution in [0.1, 0.15) is 47.0 Å². The van der Waals surface area contributed by atoms with E-state index in [9.17, 15) is 0 Å². The van der Waals surface area contributed by atoms with Crippen molar-refractivity contribution in [2.75, 3.05) is 6.61 Å². The van der Waals surface area contributed by atoms with Crippen LogP contribution >= 0.6 is 0 Å². The molecule has 0 amide bonds. The van der Waals surface area contributed by atoms with Gasteiger partial charge >= 0.3 is 0 Å². The highest BCUT2D eigenvalue weighted by Gasteiger charge is 2.12. The summed E-state index contributed by atoms with van der Waals surface area (Å²) >= 11 is 0. The molecular formula is C10H22O. The van der Waals surface area contributed by atoms with Crippen LogP contribution in [0.2, 0.25) is 0 Å². The highest BCUT2D eigenvalue weighted by atomic mass is 16.5. The highest BCUT2D eigenvalue weighted by molar-refractivity contribution is 4.62. The molecule has 11 heavy (non-hydrogen) atoms. The van der Waals surface area contributed by atoms with Crippen molar-refractivity contribution in [2.45, 2.75) is 53.1 Å². The second-order valence-electron chi connectivity index (χ2n) is 3.20. The molecule has 0 radical (unpaired) electrons. The van der Waals surface area contributed by atoms with Gasteiger partial charge < -0.3 is 4.74 Å². The standard InChI is InChI=1S/C10H22O/c1-5-8-11-10(7-3)9(4)6-2/h9-10H,5-8H2,1-4H3. The molecular weight excluding hydrogens is 136 g/mol. The van der Waals surface area contributed by atoms with Crippen LogP contribution in [0.15, 0.2) is 0 Å². The lowest BCUT2D eigenvalue weighted by molar-refractivity contribution is 0.0142. The van der Waals surface area contributed by atoms with Gasteiger partial charge in [0.1, 0.15) is 0 Å². The van der Waals surface area contributed by atoms with Crippen molar-refractivity contribution in [3.8, 4) is 0 Å². The summed E-state index contributed by atoms with van der Waals surface area (Å²) in [6.45, 7) is 9.77. The zero-order valence-corrected chi connectivity index (χ0v) is 8.39. The Morgan fingerprint density at radius 1 is 1.09 bits per heavy atom. The van der Waals surface area contributed by atoms with Gasteiger partial charge in [-0.2, -0.15) is 0 Å². The van der Waals surface area contributed by atoms with E-state index < -0.39 is 0 Å². The molecule has 2 unspecified atom stereocenters. The van der Waals surface area contributed by atoms with Gasteiger partial charge in [-0.1, -0.05) is 34.1 Å². The van der Waals surface area contributed by atoms with Gasteiger partial charge in [0.05, 0.1) is 6.10 Å². The lowest BCUT2D eigenvalue weighted by atomic mass is 10.00. The molecule has 68 valence electrons. The summed E-state index contributed by atoms with van der Waals surface area (Å²) in [5, 5.41) is 0. The SMILES string of the molecule is CCCOC(CC)C(C)CC. The second kappa shape index (κ2) is 6.66. The first-order valence-corrected chi connectivity index (χ1v) is 4.87. The van der Waals surface area contributed by atoms with Crippen LogP contribution in [0, 0.1) is 5.92 Å². The predicted octanol–water partition coefficient (Wildman–Crippen LogP) is 3.24. The third-order valence-corrected chi connectivity index (χ3v) is 2.22. The number of hydrogen-bond donors (Lipinski definition) is 0. The van der Waals surface area contributed by atoms with Gasteiger partial charge in [0.2, 0.25) is 0 Å². The van der Waals surface area contributed by atoms with Gasteiger partial charge in [-0.25, -0.2) is 0 Å². The Morgan fingerprint density at radius 2 is 1.73 bits per heavy atom. The average Bonchev–Trinajstić information content (AvgIpc) is 2.05. The minimum atomic E-state index is 0.486. The molecule has 0 saturated heterocycles. The molecule has 2 atom stereocenters. The number of hydrogen-bond acceptors (Lipinski definition) is 1. The maximum absolute atomic E-state index is 5.69. The van der Waals surface area contributed by atoms with Crippen LogP contribution in [-0.4, -0.2) is 12.7 Å². The van der Waals surface area contributed by atoms with Crippen molar-refractivity contribution in [1.82, 2.24) is 0 Å². The van der Waals surface area contributed by atoms with Crippen molar-refractivity contribution in [3.05, 3.63) is 0 Å². The van der Waals surface area contributed by atoms with Crippen molar-refractivity contribution < 1.29 is 4.74 Å². The minimum absolute atomic E-state index is 0.486. The minimum Gasteiger partial charge on any atom is -0.378 e. The summed E-state index contributed by atoms with van der Waals surface area (Å²) in [5.74, 6) is 0.714. The fourth-order valence-electron chi connectivity index (χ4n) is 1.22. The Bertz CT molecular complexity index is 80.9. The molecule has 0 aliphatic rings. The van der Waals surface area contributed by atoms with E-state index in [4.69, 9.17) is 4.74 Å². The monoisotopic (exact) mass is 158 g/mol. The smallest absolute Gasteiger partial charge is 0.0597 e. The van der Waals surface area contributed by atoms with Gasteiger partial charge in [-0.15, -0.1) is 0 Å². The molecule has 1 nitrogen and oxygen atoms in total. The van der Waals surface area contributed by atoms with E-state index in [1.165, 1.54) is 6.42 Å². The average molecular weight is 158 g/mol. The van der Waals surface area contributed by atoms with Crippen LogP contribution in [0.25, 0.3) is 0 Å². The molecule has 0 rings (SSSR count). The lowest BCUT2D eigenvalue weighted by Crippen LogP contribution is -2.20. The van der Waals surface area contributed by atoms with E-state index in [0.29, 0.717) is 12.0 Å². The third kappa shape index (κ3) is 4.41. The summed E-state index contributed by atoms with van der Waals surface area (Å²) in [4.78, 5) is 0. The molecule has 0 aromatic rings. The largest absolute Gasteiger partial charge is 0.378 e. The number of ether oxygens (including phenoxy) is 1. The van der Waals surface area contributed by atoms with E-state index in [1.807, 2.05) is 0 Å². The fraction of sp³-hybridized carbons (Fsp3) is 1.00. The van der Waals surface area contributed by atoms with Crippen molar-refractivity contribution >= 4 is 0 Å². The Hall–Kier alpha value is -0.0400. The highest BCUT2D eigenvalue weighted by Crippen LogP contribution is 2.14. The Morgan fingerprint density at radius 3 is 2.09 bits per heavy atom. The lowest BCUT2D eigenvalue weighted by Gasteiger charge is -2.21. The molecule has 0 heterocycles. The first kappa shape index (κ1) is 11.0. The fourth-order valence-corrected chi connectivity index (χ4v) is 1.22. The molecule has 0 spiro atoms. The topological polar surface area (TPSA) is 9.23 Å². The van der Waals surface area contributed by atoms with Crippen molar-refractivity contribution in [3.63, 3.8) is 0 Å². The molecule has 0 fully saturated rings. The second-order valence-corrected chi connectivity index (χ2v) is 3.20. The van der Waals surface area contributed by atoms with Gasteiger partial charge in [0.25, 0.3) is 0 Å². The summed E-state index contributed by atoms with van der Waals surface area (Å²) in [5.41, 5.74) is 0. The molecule has 0 aromatic carbocycles. The Kier molecular flexibility index (Phi) is 6.63. The normalized spacial score (nSPS) is 16.4. The van der Waals surface area contributed by atoms with E-state index in [2.05, 4.69) is 27.7 Å². The number of rotatable bonds is 6. The Balaban J connectivity index is 3.56. The quantitative estimate of drug-likeness (QED) is 0.576. The van der Waals surface area contributed by atoms with Crippen LogP contribution in [-0.2, 0) is 4.74 Å². The maximum Gasteiger partial charge on any atom is 0.0597 e. The van der Waals surface area contributed by atoms with E-state index >= 15 is 0 Å². The van der Waals surface area contributed by atoms with Crippen LogP contribution in [0.3, 0.4) is 0 Å². The molecule has 0 saturated carbocycles. The Labute approximate surface area is 71.1 Å². The van der Waals surface area contributed by atoms with Crippen LogP contribution < -0.4 is 0 Å². The summed E-state index contributed by atoms with van der Waals surface area (Å²) in [6, 6.07) is 0. The van der Waals surface area contributed by atoms with Crippen LogP contribution in [0.5, 0.6) is 0 Å². The van der Waals surface area contributed by atoms with Crippen LogP contribution in [0.4, 0.5) is 0 Å². The molecule has 0 N–H and O–H groups in total. The summed E-state index contributed by atoms with van der Waals surface area (Å²) in [7, 11) is 0. The predicted molar refractivity (Wildman–Crippen MR) is 49.8 cm³/mol. The molecule has 0 aliphatic carbocycles. The first-order chi connectivity index (χ1) is 5.26. The van der Waals surface area contributed by atoms with Gasteiger partial charge in [-0.05, 0) is 18.8 Å². The van der Waals surface area contributed by atoms with Gasteiger partial charge in [0.15, 0.2) is 0 Å². The molecule has 0 aromatic heterocycles. The van der Waals surface area contributed by atoms with Crippen molar-refractivity contribution in [2.24, 2.45) is 5.92 Å². The van der Waals surface area contributed by atoms with E-state index in [-0.39, 0.29) is 0 Å². The maximum atomic E-state index is 5.69. The van der Waals surface area contributed by atoms with Crippen molar-refractivity contribution in [1.29, 1.82) is 0 Å².